The molecule has 0 rings (SSSR count). The van der Waals surface area contributed by atoms with Gasteiger partial charge in [0.05, 0.1) is 0 Å². The maximum Gasteiger partial charge on any atom is 0.133 e. The van der Waals surface area contributed by atoms with E-state index in [-0.39, 0.29) is 5.76 Å². The average Bonchev–Trinajstić information content (AvgIpc) is 1.67. The van der Waals surface area contributed by atoms with Crippen LogP contribution in [0.2, 0.25) is 0 Å². The fourth-order valence-corrected chi connectivity index (χ4v) is 0.260. The molecule has 0 atom stereocenters. The Labute approximate surface area is 49.5 Å². The van der Waals surface area contributed by atoms with Gasteiger partial charge in [0.2, 0.25) is 0 Å². The predicted octanol–water partition coefficient (Wildman–Crippen LogP) is 1.18. The number of aliphatic hydroxyl groups excluding tert-OH is 1. The molecular weight excluding hydrogens is 102 g/mol. The summed E-state index contributed by atoms with van der Waals surface area (Å²) < 4.78 is 0. The fourth-order valence-electron chi connectivity index (χ4n) is 0.260. The van der Waals surface area contributed by atoms with E-state index >= 15 is 0 Å². The van der Waals surface area contributed by atoms with E-state index in [0.717, 1.165) is 0 Å². The Morgan fingerprint density at radius 2 is 2.25 bits per heavy atom. The highest BCUT2D eigenvalue weighted by molar-refractivity contribution is 5.17. The van der Waals surface area contributed by atoms with Gasteiger partial charge < -0.3 is 10.4 Å². The molecule has 2 heteroatoms. The van der Waals surface area contributed by atoms with Crippen LogP contribution in [0.4, 0.5) is 0 Å². The third-order valence-corrected chi connectivity index (χ3v) is 0.718. The van der Waals surface area contributed by atoms with Gasteiger partial charge in [-0.25, -0.2) is 0 Å². The Morgan fingerprint density at radius 1 is 1.75 bits per heavy atom. The van der Waals surface area contributed by atoms with Gasteiger partial charge in [-0.3, -0.25) is 0 Å². The van der Waals surface area contributed by atoms with Gasteiger partial charge in [0.25, 0.3) is 0 Å². The summed E-state index contributed by atoms with van der Waals surface area (Å²) in [5.41, 5.74) is 0.666. The third kappa shape index (κ3) is 2.29. The van der Waals surface area contributed by atoms with Gasteiger partial charge in [-0.05, 0) is 12.5 Å². The lowest BCUT2D eigenvalue weighted by atomic mass is 10.3. The van der Waals surface area contributed by atoms with Crippen LogP contribution in [0.5, 0.6) is 0 Å². The second-order valence-corrected chi connectivity index (χ2v) is 1.60. The van der Waals surface area contributed by atoms with Crippen molar-refractivity contribution in [1.29, 1.82) is 0 Å². The molecule has 8 heavy (non-hydrogen) atoms. The molecule has 0 aliphatic heterocycles. The van der Waals surface area contributed by atoms with Crippen molar-refractivity contribution in [2.75, 3.05) is 7.05 Å². The van der Waals surface area contributed by atoms with Crippen LogP contribution in [0.1, 0.15) is 6.92 Å². The standard InChI is InChI=1S/C6H11NO/c1-5(2)6(8)4-7-3/h4,7-8H,1H2,2-3H3/b6-4+. The molecule has 0 radical (unpaired) electrons. The SMILES string of the molecule is C=C(C)/C(O)=C\NC. The molecule has 0 heterocycles. The minimum Gasteiger partial charge on any atom is -0.506 e. The Hall–Kier alpha value is -0.920. The lowest BCUT2D eigenvalue weighted by molar-refractivity contribution is 0.420. The molecule has 0 aromatic rings. The maximum absolute atomic E-state index is 8.83. The first-order valence-electron chi connectivity index (χ1n) is 2.40. The van der Waals surface area contributed by atoms with E-state index < -0.39 is 0 Å². The predicted molar refractivity (Wildman–Crippen MR) is 34.6 cm³/mol. The second kappa shape index (κ2) is 3.13. The van der Waals surface area contributed by atoms with Gasteiger partial charge in [-0.1, -0.05) is 6.58 Å². The third-order valence-electron chi connectivity index (χ3n) is 0.718. The summed E-state index contributed by atoms with van der Waals surface area (Å²) in [5.74, 6) is 0.201. The Morgan fingerprint density at radius 3 is 2.38 bits per heavy atom. The molecule has 0 saturated carbocycles. The highest BCUT2D eigenvalue weighted by atomic mass is 16.3. The monoisotopic (exact) mass is 113 g/mol. The van der Waals surface area contributed by atoms with E-state index in [9.17, 15) is 0 Å². The van der Waals surface area contributed by atoms with Crippen LogP contribution in [0, 0.1) is 0 Å². The van der Waals surface area contributed by atoms with Crippen LogP contribution in [0.3, 0.4) is 0 Å². The summed E-state index contributed by atoms with van der Waals surface area (Å²) in [7, 11) is 1.72. The van der Waals surface area contributed by atoms with Gasteiger partial charge in [0.15, 0.2) is 0 Å². The highest BCUT2D eigenvalue weighted by Crippen LogP contribution is 1.97. The normalized spacial score (nSPS) is 11.0. The van der Waals surface area contributed by atoms with E-state index in [1.165, 1.54) is 6.20 Å². The molecule has 0 unspecified atom stereocenters. The minimum absolute atomic E-state index is 0.201. The van der Waals surface area contributed by atoms with Crippen LogP contribution < -0.4 is 5.32 Å². The zero-order valence-corrected chi connectivity index (χ0v) is 5.23. The molecule has 0 aromatic heterocycles. The largest absolute Gasteiger partial charge is 0.506 e. The first-order chi connectivity index (χ1) is 3.68. The van der Waals surface area contributed by atoms with Crippen molar-refractivity contribution in [1.82, 2.24) is 5.32 Å². The molecular formula is C6H11NO. The zero-order valence-electron chi connectivity index (χ0n) is 5.23. The first-order valence-corrected chi connectivity index (χ1v) is 2.40. The van der Waals surface area contributed by atoms with Crippen molar-refractivity contribution >= 4 is 0 Å². The van der Waals surface area contributed by atoms with Crippen molar-refractivity contribution in [3.63, 3.8) is 0 Å². The van der Waals surface area contributed by atoms with E-state index in [2.05, 4.69) is 11.9 Å². The number of aliphatic hydroxyl groups is 1. The molecule has 0 aliphatic carbocycles. The molecule has 0 bridgehead atoms. The molecule has 0 aromatic carbocycles. The Bertz CT molecular complexity index is 116. The molecule has 2 nitrogen and oxygen atoms in total. The van der Waals surface area contributed by atoms with Gasteiger partial charge in [-0.15, -0.1) is 0 Å². The van der Waals surface area contributed by atoms with Gasteiger partial charge in [-0.2, -0.15) is 0 Å². The summed E-state index contributed by atoms with van der Waals surface area (Å²) >= 11 is 0. The van der Waals surface area contributed by atoms with Crippen molar-refractivity contribution < 1.29 is 5.11 Å². The molecule has 0 saturated heterocycles. The van der Waals surface area contributed by atoms with Crippen LogP contribution in [-0.2, 0) is 0 Å². The van der Waals surface area contributed by atoms with Gasteiger partial charge in [0.1, 0.15) is 5.76 Å². The highest BCUT2D eigenvalue weighted by Gasteiger charge is 1.87. The summed E-state index contributed by atoms with van der Waals surface area (Å²) in [6.07, 6.45) is 1.49. The van der Waals surface area contributed by atoms with Crippen molar-refractivity contribution in [3.8, 4) is 0 Å². The molecule has 2 N–H and O–H groups in total. The Kier molecular flexibility index (Phi) is 2.77. The van der Waals surface area contributed by atoms with Crippen molar-refractivity contribution in [2.45, 2.75) is 6.92 Å². The summed E-state index contributed by atoms with van der Waals surface area (Å²) in [6, 6.07) is 0. The van der Waals surface area contributed by atoms with Gasteiger partial charge >= 0.3 is 0 Å². The Balaban J connectivity index is 3.80. The first kappa shape index (κ1) is 7.08. The fraction of sp³-hybridized carbons (Fsp3) is 0.333. The van der Waals surface area contributed by atoms with Crippen molar-refractivity contribution in [2.24, 2.45) is 0 Å². The van der Waals surface area contributed by atoms with E-state index in [0.29, 0.717) is 5.57 Å². The van der Waals surface area contributed by atoms with Gasteiger partial charge in [0, 0.05) is 13.2 Å². The number of allylic oxidation sites excluding steroid dienone is 1. The number of hydrogen-bond acceptors (Lipinski definition) is 2. The number of nitrogens with one attached hydrogen (secondary N) is 1. The van der Waals surface area contributed by atoms with E-state index in [4.69, 9.17) is 5.11 Å². The van der Waals surface area contributed by atoms with Crippen molar-refractivity contribution in [3.05, 3.63) is 24.1 Å². The van der Waals surface area contributed by atoms with Crippen LogP contribution in [0.15, 0.2) is 24.1 Å². The number of rotatable bonds is 2. The zero-order chi connectivity index (χ0) is 6.57. The van der Waals surface area contributed by atoms with E-state index in [1.54, 1.807) is 14.0 Å². The average molecular weight is 113 g/mol. The maximum atomic E-state index is 8.83. The number of hydrogen-bond donors (Lipinski definition) is 2. The summed E-state index contributed by atoms with van der Waals surface area (Å²) in [6.45, 7) is 5.25. The van der Waals surface area contributed by atoms with Crippen LogP contribution in [-0.4, -0.2) is 12.2 Å². The lowest BCUT2D eigenvalue weighted by Gasteiger charge is -1.94. The topological polar surface area (TPSA) is 32.3 Å². The summed E-state index contributed by atoms with van der Waals surface area (Å²) in [5, 5.41) is 11.5. The lowest BCUT2D eigenvalue weighted by Crippen LogP contribution is -1.95. The summed E-state index contributed by atoms with van der Waals surface area (Å²) in [4.78, 5) is 0. The molecule has 0 amide bonds. The minimum atomic E-state index is 0.201. The van der Waals surface area contributed by atoms with Crippen LogP contribution >= 0.6 is 0 Å². The van der Waals surface area contributed by atoms with Crippen LogP contribution in [0.25, 0.3) is 0 Å². The second-order valence-electron chi connectivity index (χ2n) is 1.60. The molecule has 0 spiro atoms. The molecule has 0 aliphatic rings. The quantitative estimate of drug-likeness (QED) is 0.416. The van der Waals surface area contributed by atoms with E-state index in [1.807, 2.05) is 0 Å². The molecule has 46 valence electrons. The smallest absolute Gasteiger partial charge is 0.133 e. The molecule has 0 fully saturated rings.